The summed E-state index contributed by atoms with van der Waals surface area (Å²) in [6, 6.07) is 0. The molecule has 0 amide bonds. The maximum atomic E-state index is 13.0. The highest BCUT2D eigenvalue weighted by molar-refractivity contribution is 7.47. The highest BCUT2D eigenvalue weighted by Gasteiger charge is 2.30. The number of aliphatic hydroxyl groups excluding tert-OH is 1. The number of esters is 4. The van der Waals surface area contributed by atoms with Gasteiger partial charge in [0.2, 0.25) is 0 Å². The Labute approximate surface area is 562 Å². The van der Waals surface area contributed by atoms with Crippen molar-refractivity contribution >= 4 is 39.5 Å². The van der Waals surface area contributed by atoms with Gasteiger partial charge in [-0.05, 0) is 43.4 Å². The van der Waals surface area contributed by atoms with Crippen LogP contribution in [-0.4, -0.2) is 96.7 Å². The van der Waals surface area contributed by atoms with E-state index in [1.807, 2.05) is 0 Å². The molecule has 3 N–H and O–H groups in total. The number of carbonyl (C=O) groups excluding carboxylic acids is 4. The van der Waals surface area contributed by atoms with E-state index in [9.17, 15) is 43.2 Å². The van der Waals surface area contributed by atoms with Crippen molar-refractivity contribution < 1.29 is 80.2 Å². The van der Waals surface area contributed by atoms with Crippen LogP contribution < -0.4 is 0 Å². The molecule has 0 aliphatic rings. The number of rotatable bonds is 71. The molecule has 0 aromatic heterocycles. The third-order valence-corrected chi connectivity index (χ3v) is 19.1. The molecule has 0 rings (SSSR count). The molecule has 0 radical (unpaired) electrons. The van der Waals surface area contributed by atoms with Gasteiger partial charge in [0, 0.05) is 25.7 Å². The maximum Gasteiger partial charge on any atom is 0.472 e. The average molecular weight is 1350 g/mol. The summed E-state index contributed by atoms with van der Waals surface area (Å²) in [7, 11) is -9.90. The normalized spacial score (nSPS) is 14.4. The van der Waals surface area contributed by atoms with Crippen LogP contribution in [0, 0.1) is 17.8 Å². The predicted molar refractivity (Wildman–Crippen MR) is 372 cm³/mol. The zero-order chi connectivity index (χ0) is 68.0. The van der Waals surface area contributed by atoms with Crippen molar-refractivity contribution in [3.05, 3.63) is 0 Å². The Hall–Kier alpha value is -1.94. The fraction of sp³-hybridized carbons (Fsp3) is 0.945. The maximum absolute atomic E-state index is 13.0. The molecule has 0 bridgehead atoms. The summed E-state index contributed by atoms with van der Waals surface area (Å²) in [5, 5.41) is 10.6. The summed E-state index contributed by atoms with van der Waals surface area (Å²) in [6.45, 7) is 11.8. The Morgan fingerprint density at radius 1 is 0.315 bits per heavy atom. The monoisotopic (exact) mass is 1350 g/mol. The molecule has 17 nitrogen and oxygen atoms in total. The van der Waals surface area contributed by atoms with E-state index in [1.165, 1.54) is 180 Å². The molecule has 0 saturated heterocycles. The van der Waals surface area contributed by atoms with Gasteiger partial charge in [-0.3, -0.25) is 37.3 Å². The number of carbonyl (C=O) groups is 4. The van der Waals surface area contributed by atoms with Gasteiger partial charge in [-0.25, -0.2) is 9.13 Å². The van der Waals surface area contributed by atoms with Gasteiger partial charge in [0.15, 0.2) is 12.2 Å². The Morgan fingerprint density at radius 3 is 0.826 bits per heavy atom. The van der Waals surface area contributed by atoms with Crippen molar-refractivity contribution in [1.82, 2.24) is 0 Å². The Balaban J connectivity index is 5.17. The summed E-state index contributed by atoms with van der Waals surface area (Å²) >= 11 is 0. The Kier molecular flexibility index (Phi) is 62.4. The molecule has 3 unspecified atom stereocenters. The van der Waals surface area contributed by atoms with Crippen LogP contribution >= 0.6 is 15.6 Å². The van der Waals surface area contributed by atoms with E-state index in [1.54, 1.807) is 0 Å². The van der Waals surface area contributed by atoms with E-state index < -0.39 is 97.5 Å². The molecule has 0 aromatic rings. The van der Waals surface area contributed by atoms with Crippen LogP contribution in [0.5, 0.6) is 0 Å². The topological polar surface area (TPSA) is 237 Å². The average Bonchev–Trinajstić information content (AvgIpc) is 3.63. The van der Waals surface area contributed by atoms with E-state index >= 15 is 0 Å². The number of phosphoric acid groups is 2. The minimum absolute atomic E-state index is 0.103. The fourth-order valence-corrected chi connectivity index (χ4v) is 12.6. The quantitative estimate of drug-likeness (QED) is 0.0222. The second-order valence-corrected chi connectivity index (χ2v) is 30.4. The predicted octanol–water partition coefficient (Wildman–Crippen LogP) is 21.0. The molecule has 546 valence electrons. The molecule has 0 saturated carbocycles. The minimum Gasteiger partial charge on any atom is -0.462 e. The molecule has 0 heterocycles. The number of hydrogen-bond acceptors (Lipinski definition) is 15. The molecule has 6 atom stereocenters. The van der Waals surface area contributed by atoms with Gasteiger partial charge in [-0.15, -0.1) is 0 Å². The van der Waals surface area contributed by atoms with Crippen LogP contribution in [0.3, 0.4) is 0 Å². The van der Waals surface area contributed by atoms with E-state index in [0.717, 1.165) is 108 Å². The van der Waals surface area contributed by atoms with E-state index in [0.29, 0.717) is 25.7 Å². The van der Waals surface area contributed by atoms with Gasteiger partial charge >= 0.3 is 39.5 Å². The lowest BCUT2D eigenvalue weighted by Gasteiger charge is -2.21. The summed E-state index contributed by atoms with van der Waals surface area (Å²) in [5.41, 5.74) is 0. The molecule has 19 heteroatoms. The Morgan fingerprint density at radius 2 is 0.554 bits per heavy atom. The zero-order valence-electron chi connectivity index (χ0n) is 60.0. The zero-order valence-corrected chi connectivity index (χ0v) is 61.8. The third kappa shape index (κ3) is 65.4. The summed E-state index contributed by atoms with van der Waals surface area (Å²) in [4.78, 5) is 72.6. The van der Waals surface area contributed by atoms with Crippen molar-refractivity contribution in [3.63, 3.8) is 0 Å². The van der Waals surface area contributed by atoms with E-state index in [4.69, 9.17) is 37.0 Å². The van der Waals surface area contributed by atoms with Gasteiger partial charge in [0.1, 0.15) is 19.3 Å². The van der Waals surface area contributed by atoms with E-state index in [-0.39, 0.29) is 25.7 Å². The first-order valence-electron chi connectivity index (χ1n) is 37.9. The van der Waals surface area contributed by atoms with Crippen LogP contribution in [-0.2, 0) is 65.4 Å². The van der Waals surface area contributed by atoms with Crippen molar-refractivity contribution in [2.75, 3.05) is 39.6 Å². The number of unbranched alkanes of at least 4 members (excludes halogenated alkanes) is 38. The number of ether oxygens (including phenoxy) is 4. The highest BCUT2D eigenvalue weighted by atomic mass is 31.2. The molecule has 0 spiro atoms. The standard InChI is InChI=1S/C73H142O17P2/c1-8-10-11-12-13-14-26-32-40-47-54-70(75)83-61-69(90-73(78)57-50-43-36-35-39-46-53-66(7)9-2)63-88-92(81,82)86-59-67(74)58-85-91(79,80)87-62-68(60-84-71(76)55-48-41-33-29-28-31-38-45-52-65(5)6)89-72(77)56-49-42-34-27-24-22-20-18-16-15-17-19-21-23-25-30-37-44-51-64(3)4/h64-69,74H,8-63H2,1-7H3,(H,79,80)(H,81,82)/t66?,67-,68-,69-/m1/s1. The first-order valence-corrected chi connectivity index (χ1v) is 40.9. The first kappa shape index (κ1) is 90.1. The van der Waals surface area contributed by atoms with Gasteiger partial charge < -0.3 is 33.8 Å². The van der Waals surface area contributed by atoms with Gasteiger partial charge in [0.25, 0.3) is 0 Å². The molecular weight excluding hydrogens is 1210 g/mol. The van der Waals surface area contributed by atoms with Gasteiger partial charge in [-0.1, -0.05) is 318 Å². The summed E-state index contributed by atoms with van der Waals surface area (Å²) in [5.74, 6) is 0.140. The van der Waals surface area contributed by atoms with Crippen LogP contribution in [0.15, 0.2) is 0 Å². The van der Waals surface area contributed by atoms with E-state index in [2.05, 4.69) is 48.5 Å². The molecule has 0 aliphatic heterocycles. The van der Waals surface area contributed by atoms with Gasteiger partial charge in [0.05, 0.1) is 26.4 Å². The molecule has 0 aromatic carbocycles. The number of phosphoric ester groups is 2. The molecule has 0 aliphatic carbocycles. The molecule has 0 fully saturated rings. The second kappa shape index (κ2) is 63.8. The highest BCUT2D eigenvalue weighted by Crippen LogP contribution is 2.45. The second-order valence-electron chi connectivity index (χ2n) is 27.5. The minimum atomic E-state index is -4.95. The summed E-state index contributed by atoms with van der Waals surface area (Å²) in [6.07, 6.45) is 48.8. The lowest BCUT2D eigenvalue weighted by molar-refractivity contribution is -0.161. The largest absolute Gasteiger partial charge is 0.472 e. The van der Waals surface area contributed by atoms with Crippen LogP contribution in [0.25, 0.3) is 0 Å². The number of hydrogen-bond donors (Lipinski definition) is 3. The van der Waals surface area contributed by atoms with Crippen LogP contribution in [0.4, 0.5) is 0 Å². The summed E-state index contributed by atoms with van der Waals surface area (Å²) < 4.78 is 68.3. The lowest BCUT2D eigenvalue weighted by atomic mass is 10.00. The third-order valence-electron chi connectivity index (χ3n) is 17.2. The molecular formula is C73H142O17P2. The molecule has 92 heavy (non-hydrogen) atoms. The SMILES string of the molecule is CCCCCCCCCCCCC(=O)OC[C@H](COP(=O)(O)OC[C@H](O)COP(=O)(O)OC[C@@H](COC(=O)CCCCCCCCCCC(C)C)OC(=O)CCCCCCCCCCCCCCCCCCCCC(C)C)OC(=O)CCCCCCCCC(C)CC. The van der Waals surface area contributed by atoms with Crippen LogP contribution in [0.1, 0.15) is 370 Å². The lowest BCUT2D eigenvalue weighted by Crippen LogP contribution is -2.30. The Bertz CT molecular complexity index is 1800. The first-order chi connectivity index (χ1) is 44.3. The smallest absolute Gasteiger partial charge is 0.462 e. The van der Waals surface area contributed by atoms with Crippen molar-refractivity contribution in [1.29, 1.82) is 0 Å². The fourth-order valence-electron chi connectivity index (χ4n) is 11.0. The van der Waals surface area contributed by atoms with Crippen molar-refractivity contribution in [2.24, 2.45) is 17.8 Å². The van der Waals surface area contributed by atoms with Gasteiger partial charge in [-0.2, -0.15) is 0 Å². The van der Waals surface area contributed by atoms with Crippen molar-refractivity contribution in [3.8, 4) is 0 Å². The van der Waals surface area contributed by atoms with Crippen molar-refractivity contribution in [2.45, 2.75) is 388 Å². The number of aliphatic hydroxyl groups is 1. The van der Waals surface area contributed by atoms with Crippen LogP contribution in [0.2, 0.25) is 0 Å².